The van der Waals surface area contributed by atoms with Crippen molar-refractivity contribution >= 4 is 11.7 Å². The van der Waals surface area contributed by atoms with Gasteiger partial charge in [-0.1, -0.05) is 5.16 Å². The molecule has 0 saturated heterocycles. The first-order chi connectivity index (χ1) is 9.22. The Morgan fingerprint density at radius 2 is 2.00 bits per heavy atom. The molecular formula is C12H20N4O3. The molecule has 19 heavy (non-hydrogen) atoms. The summed E-state index contributed by atoms with van der Waals surface area (Å²) >= 11 is 0. The molecule has 0 spiro atoms. The number of nitrogens with two attached hydrogens (primary N) is 1. The zero-order valence-corrected chi connectivity index (χ0v) is 11.2. The second-order valence-electron chi connectivity index (χ2n) is 3.86. The summed E-state index contributed by atoms with van der Waals surface area (Å²) in [6.07, 6.45) is 1.62. The van der Waals surface area contributed by atoms with Crippen LogP contribution in [0.4, 0.5) is 5.82 Å². The van der Waals surface area contributed by atoms with Gasteiger partial charge in [0.25, 0.3) is 0 Å². The molecule has 0 unspecified atom stereocenters. The molecular weight excluding hydrogens is 248 g/mol. The van der Waals surface area contributed by atoms with Crippen LogP contribution in [0.15, 0.2) is 23.5 Å². The SMILES string of the molecule is COCCN(CCOC)c1cc(C(N)=NO)ccn1. The zero-order valence-electron chi connectivity index (χ0n) is 11.2. The van der Waals surface area contributed by atoms with Crippen LogP contribution in [0.2, 0.25) is 0 Å². The molecule has 7 heteroatoms. The van der Waals surface area contributed by atoms with E-state index >= 15 is 0 Å². The van der Waals surface area contributed by atoms with Gasteiger partial charge in [0.15, 0.2) is 5.84 Å². The van der Waals surface area contributed by atoms with Gasteiger partial charge in [-0.05, 0) is 12.1 Å². The number of hydrogen-bond donors (Lipinski definition) is 2. The third kappa shape index (κ3) is 4.72. The lowest BCUT2D eigenvalue weighted by atomic mass is 10.2. The van der Waals surface area contributed by atoms with Crippen molar-refractivity contribution in [2.75, 3.05) is 45.4 Å². The van der Waals surface area contributed by atoms with Crippen molar-refractivity contribution in [2.45, 2.75) is 0 Å². The first-order valence-electron chi connectivity index (χ1n) is 5.89. The van der Waals surface area contributed by atoms with E-state index in [0.29, 0.717) is 31.9 Å². The molecule has 0 aromatic carbocycles. The minimum Gasteiger partial charge on any atom is -0.409 e. The zero-order chi connectivity index (χ0) is 14.1. The Morgan fingerprint density at radius 3 is 2.53 bits per heavy atom. The molecule has 7 nitrogen and oxygen atoms in total. The van der Waals surface area contributed by atoms with E-state index in [1.165, 1.54) is 0 Å². The van der Waals surface area contributed by atoms with Gasteiger partial charge < -0.3 is 25.3 Å². The summed E-state index contributed by atoms with van der Waals surface area (Å²) < 4.78 is 10.1. The van der Waals surface area contributed by atoms with E-state index in [4.69, 9.17) is 20.4 Å². The fourth-order valence-electron chi connectivity index (χ4n) is 1.55. The summed E-state index contributed by atoms with van der Waals surface area (Å²) in [5.41, 5.74) is 6.19. The number of methoxy groups -OCH3 is 2. The molecule has 1 aromatic heterocycles. The van der Waals surface area contributed by atoms with Crippen LogP contribution in [0.3, 0.4) is 0 Å². The Hall–Kier alpha value is -1.86. The van der Waals surface area contributed by atoms with Crippen molar-refractivity contribution < 1.29 is 14.7 Å². The van der Waals surface area contributed by atoms with Crippen molar-refractivity contribution in [1.82, 2.24) is 4.98 Å². The van der Waals surface area contributed by atoms with Gasteiger partial charge in [0.2, 0.25) is 0 Å². The van der Waals surface area contributed by atoms with Crippen LogP contribution >= 0.6 is 0 Å². The quantitative estimate of drug-likeness (QED) is 0.304. The summed E-state index contributed by atoms with van der Waals surface area (Å²) in [6.45, 7) is 2.54. The first-order valence-corrected chi connectivity index (χ1v) is 5.89. The molecule has 3 N–H and O–H groups in total. The summed E-state index contributed by atoms with van der Waals surface area (Å²) in [7, 11) is 3.30. The molecule has 0 fully saturated rings. The van der Waals surface area contributed by atoms with Crippen molar-refractivity contribution in [1.29, 1.82) is 0 Å². The maximum Gasteiger partial charge on any atom is 0.170 e. The van der Waals surface area contributed by atoms with E-state index < -0.39 is 0 Å². The minimum atomic E-state index is 0.0575. The van der Waals surface area contributed by atoms with Crippen LogP contribution in [-0.4, -0.2) is 56.5 Å². The summed E-state index contributed by atoms with van der Waals surface area (Å²) in [4.78, 5) is 6.30. The van der Waals surface area contributed by atoms with E-state index in [9.17, 15) is 0 Å². The van der Waals surface area contributed by atoms with E-state index in [1.807, 2.05) is 4.90 Å². The molecule has 0 bridgehead atoms. The molecule has 0 saturated carbocycles. The molecule has 0 radical (unpaired) electrons. The Balaban J connectivity index is 2.87. The number of ether oxygens (including phenoxy) is 2. The highest BCUT2D eigenvalue weighted by atomic mass is 16.5. The molecule has 1 rings (SSSR count). The van der Waals surface area contributed by atoms with Gasteiger partial charge in [-0.3, -0.25) is 0 Å². The normalized spacial score (nSPS) is 11.6. The Bertz CT molecular complexity index is 404. The van der Waals surface area contributed by atoms with E-state index in [0.717, 1.165) is 5.82 Å². The summed E-state index contributed by atoms with van der Waals surface area (Å²) in [5.74, 6) is 0.792. The standard InChI is InChI=1S/C12H20N4O3/c1-18-7-5-16(6-8-19-2)11-9-10(3-4-14-11)12(13)15-17/h3-4,9,17H,5-8H2,1-2H3,(H2,13,15). The highest BCUT2D eigenvalue weighted by molar-refractivity contribution is 5.97. The number of nitrogens with zero attached hydrogens (tertiary/aromatic N) is 3. The Kier molecular flexibility index (Phi) is 6.62. The minimum absolute atomic E-state index is 0.0575. The lowest BCUT2D eigenvalue weighted by Gasteiger charge is -2.23. The first kappa shape index (κ1) is 15.2. The van der Waals surface area contributed by atoms with Gasteiger partial charge in [-0.25, -0.2) is 4.98 Å². The van der Waals surface area contributed by atoms with Crippen molar-refractivity contribution in [3.05, 3.63) is 23.9 Å². The molecule has 0 aliphatic heterocycles. The molecule has 106 valence electrons. The number of amidine groups is 1. The predicted molar refractivity (Wildman–Crippen MR) is 72.7 cm³/mol. The number of rotatable bonds is 8. The fourth-order valence-corrected chi connectivity index (χ4v) is 1.55. The number of aromatic nitrogens is 1. The summed E-state index contributed by atoms with van der Waals surface area (Å²) in [6, 6.07) is 3.45. The summed E-state index contributed by atoms with van der Waals surface area (Å²) in [5, 5.41) is 11.7. The van der Waals surface area contributed by atoms with Gasteiger partial charge in [0.1, 0.15) is 5.82 Å². The highest BCUT2D eigenvalue weighted by Crippen LogP contribution is 2.12. The lowest BCUT2D eigenvalue weighted by Crippen LogP contribution is -2.31. The average Bonchev–Trinajstić information content (AvgIpc) is 2.46. The molecule has 0 atom stereocenters. The predicted octanol–water partition coefficient (Wildman–Crippen LogP) is 0.275. The van der Waals surface area contributed by atoms with Gasteiger partial charge in [0, 0.05) is 39.1 Å². The second-order valence-corrected chi connectivity index (χ2v) is 3.86. The van der Waals surface area contributed by atoms with Gasteiger partial charge in [-0.15, -0.1) is 0 Å². The number of hydrogen-bond acceptors (Lipinski definition) is 6. The number of oxime groups is 1. The topological polar surface area (TPSA) is 93.2 Å². The van der Waals surface area contributed by atoms with E-state index in [2.05, 4.69) is 10.1 Å². The van der Waals surface area contributed by atoms with Crippen molar-refractivity contribution in [3.8, 4) is 0 Å². The van der Waals surface area contributed by atoms with Crippen molar-refractivity contribution in [2.24, 2.45) is 10.9 Å². The Labute approximate surface area is 112 Å². The monoisotopic (exact) mass is 268 g/mol. The molecule has 1 heterocycles. The molecule has 1 aromatic rings. The van der Waals surface area contributed by atoms with Crippen LogP contribution in [0.1, 0.15) is 5.56 Å². The average molecular weight is 268 g/mol. The largest absolute Gasteiger partial charge is 0.409 e. The van der Waals surface area contributed by atoms with Crippen LogP contribution < -0.4 is 10.6 Å². The molecule has 0 aliphatic carbocycles. The molecule has 0 aliphatic rings. The second kappa shape index (κ2) is 8.28. The van der Waals surface area contributed by atoms with Crippen LogP contribution in [0, 0.1) is 0 Å². The van der Waals surface area contributed by atoms with E-state index in [-0.39, 0.29) is 5.84 Å². The maximum atomic E-state index is 8.69. The fraction of sp³-hybridized carbons (Fsp3) is 0.500. The van der Waals surface area contributed by atoms with E-state index in [1.54, 1.807) is 32.5 Å². The third-order valence-corrected chi connectivity index (χ3v) is 2.60. The number of pyridine rings is 1. The Morgan fingerprint density at radius 1 is 1.37 bits per heavy atom. The molecule has 0 amide bonds. The van der Waals surface area contributed by atoms with Crippen LogP contribution in [-0.2, 0) is 9.47 Å². The lowest BCUT2D eigenvalue weighted by molar-refractivity contribution is 0.190. The van der Waals surface area contributed by atoms with Crippen LogP contribution in [0.5, 0.6) is 0 Å². The number of anilines is 1. The van der Waals surface area contributed by atoms with Crippen LogP contribution in [0.25, 0.3) is 0 Å². The highest BCUT2D eigenvalue weighted by Gasteiger charge is 2.09. The van der Waals surface area contributed by atoms with Gasteiger partial charge in [0.05, 0.1) is 13.2 Å². The van der Waals surface area contributed by atoms with Crippen molar-refractivity contribution in [3.63, 3.8) is 0 Å². The maximum absolute atomic E-state index is 8.69. The van der Waals surface area contributed by atoms with Gasteiger partial charge in [-0.2, -0.15) is 0 Å². The third-order valence-electron chi connectivity index (χ3n) is 2.60. The smallest absolute Gasteiger partial charge is 0.170 e. The van der Waals surface area contributed by atoms with Gasteiger partial charge >= 0.3 is 0 Å².